The van der Waals surface area contributed by atoms with Crippen LogP contribution in [0.2, 0.25) is 0 Å². The van der Waals surface area contributed by atoms with Gasteiger partial charge in [-0.2, -0.15) is 0 Å². The fourth-order valence-electron chi connectivity index (χ4n) is 4.78. The van der Waals surface area contributed by atoms with Crippen molar-refractivity contribution in [2.24, 2.45) is 5.92 Å². The van der Waals surface area contributed by atoms with Crippen LogP contribution in [-0.4, -0.2) is 48.1 Å². The molecule has 0 aromatic heterocycles. The number of benzene rings is 1. The molecule has 1 aromatic carbocycles. The smallest absolute Gasteiger partial charge is 0.134 e. The standard InChI is InChI=1S/C20H27NO3/c1-24-18-4-2-3-16(11-18)19-9-10-21(13-15-5-6-15)14-20(19,23)8-7-17(22)12-19/h2-4,11,15,23H,5-10,12-14H2,1H3/t19-,20-/m1/s1. The van der Waals surface area contributed by atoms with Gasteiger partial charge in [0.2, 0.25) is 0 Å². The summed E-state index contributed by atoms with van der Waals surface area (Å²) in [7, 11) is 1.66. The number of Topliss-reactive ketones (excluding diaryl/α,β-unsaturated/α-hetero) is 1. The average molecular weight is 329 g/mol. The Bertz CT molecular complexity index is 642. The maximum absolute atomic E-state index is 12.3. The normalized spacial score (nSPS) is 34.0. The van der Waals surface area contributed by atoms with Crippen molar-refractivity contribution >= 4 is 5.78 Å². The lowest BCUT2D eigenvalue weighted by atomic mass is 9.56. The van der Waals surface area contributed by atoms with Crippen LogP contribution in [0.5, 0.6) is 5.75 Å². The van der Waals surface area contributed by atoms with Crippen LogP contribution in [0.4, 0.5) is 0 Å². The first kappa shape index (κ1) is 16.1. The maximum atomic E-state index is 12.3. The molecule has 1 saturated heterocycles. The van der Waals surface area contributed by atoms with Gasteiger partial charge in [-0.15, -0.1) is 0 Å². The number of ether oxygens (including phenoxy) is 1. The third-order valence-corrected chi connectivity index (χ3v) is 6.38. The molecule has 1 heterocycles. The fraction of sp³-hybridized carbons (Fsp3) is 0.650. The summed E-state index contributed by atoms with van der Waals surface area (Å²) >= 11 is 0. The lowest BCUT2D eigenvalue weighted by Gasteiger charge is -2.56. The van der Waals surface area contributed by atoms with E-state index < -0.39 is 11.0 Å². The van der Waals surface area contributed by atoms with Gasteiger partial charge in [0.15, 0.2) is 0 Å². The molecule has 0 unspecified atom stereocenters. The Labute approximate surface area is 143 Å². The number of likely N-dealkylation sites (tertiary alicyclic amines) is 1. The third-order valence-electron chi connectivity index (χ3n) is 6.38. The Kier molecular flexibility index (Phi) is 3.92. The van der Waals surface area contributed by atoms with Crippen molar-refractivity contribution in [3.63, 3.8) is 0 Å². The van der Waals surface area contributed by atoms with Crippen molar-refractivity contribution in [3.05, 3.63) is 29.8 Å². The number of ketones is 1. The number of piperidine rings is 1. The first-order valence-corrected chi connectivity index (χ1v) is 9.16. The molecule has 4 heteroatoms. The van der Waals surface area contributed by atoms with Crippen LogP contribution >= 0.6 is 0 Å². The van der Waals surface area contributed by atoms with E-state index in [-0.39, 0.29) is 5.78 Å². The molecule has 4 nitrogen and oxygen atoms in total. The quantitative estimate of drug-likeness (QED) is 0.922. The Balaban J connectivity index is 1.69. The summed E-state index contributed by atoms with van der Waals surface area (Å²) < 4.78 is 5.39. The Morgan fingerprint density at radius 1 is 1.33 bits per heavy atom. The number of hydrogen-bond acceptors (Lipinski definition) is 4. The average Bonchev–Trinajstić information content (AvgIpc) is 3.39. The third kappa shape index (κ3) is 2.66. The number of carbonyl (C=O) groups excluding carboxylic acids is 1. The molecule has 2 saturated carbocycles. The minimum Gasteiger partial charge on any atom is -0.497 e. The van der Waals surface area contributed by atoms with Crippen molar-refractivity contribution in [1.82, 2.24) is 4.90 Å². The van der Waals surface area contributed by atoms with E-state index in [1.807, 2.05) is 18.2 Å². The largest absolute Gasteiger partial charge is 0.497 e. The van der Waals surface area contributed by atoms with E-state index in [9.17, 15) is 9.90 Å². The van der Waals surface area contributed by atoms with Gasteiger partial charge in [-0.3, -0.25) is 4.79 Å². The highest BCUT2D eigenvalue weighted by Crippen LogP contribution is 2.51. The molecule has 1 aromatic rings. The number of nitrogens with zero attached hydrogens (tertiary/aromatic N) is 1. The zero-order valence-electron chi connectivity index (χ0n) is 14.5. The number of aliphatic hydroxyl groups is 1. The molecule has 130 valence electrons. The highest BCUT2D eigenvalue weighted by atomic mass is 16.5. The van der Waals surface area contributed by atoms with Crippen molar-refractivity contribution in [3.8, 4) is 5.75 Å². The molecule has 3 fully saturated rings. The summed E-state index contributed by atoms with van der Waals surface area (Å²) in [6.45, 7) is 2.75. The van der Waals surface area contributed by atoms with Gasteiger partial charge in [-0.05, 0) is 55.8 Å². The molecule has 0 bridgehead atoms. The predicted molar refractivity (Wildman–Crippen MR) is 92.3 cm³/mol. The minimum absolute atomic E-state index is 0.276. The summed E-state index contributed by atoms with van der Waals surface area (Å²) in [5.41, 5.74) is -0.222. The molecular formula is C20H27NO3. The molecule has 0 amide bonds. The topological polar surface area (TPSA) is 49.8 Å². The van der Waals surface area contributed by atoms with Gasteiger partial charge in [0.1, 0.15) is 11.5 Å². The van der Waals surface area contributed by atoms with Crippen molar-refractivity contribution in [2.45, 2.75) is 49.5 Å². The van der Waals surface area contributed by atoms with Gasteiger partial charge in [-0.25, -0.2) is 0 Å². The van der Waals surface area contributed by atoms with Crippen molar-refractivity contribution < 1.29 is 14.6 Å². The first-order valence-electron chi connectivity index (χ1n) is 9.16. The number of methoxy groups -OCH3 is 1. The second-order valence-corrected chi connectivity index (χ2v) is 7.99. The lowest BCUT2D eigenvalue weighted by molar-refractivity contribution is -0.147. The summed E-state index contributed by atoms with van der Waals surface area (Å²) in [5.74, 6) is 1.89. The van der Waals surface area contributed by atoms with E-state index in [1.165, 1.54) is 12.8 Å². The number of β-amino-alcohol motifs (C(OH)–C–C–N with tert-alkyl or cyclic N) is 1. The minimum atomic E-state index is -0.819. The number of hydrogen-bond donors (Lipinski definition) is 1. The van der Waals surface area contributed by atoms with Gasteiger partial charge >= 0.3 is 0 Å². The van der Waals surface area contributed by atoms with Gasteiger partial charge in [0.25, 0.3) is 0 Å². The lowest BCUT2D eigenvalue weighted by Crippen LogP contribution is -2.65. The van der Waals surface area contributed by atoms with E-state index in [2.05, 4.69) is 11.0 Å². The molecule has 24 heavy (non-hydrogen) atoms. The second kappa shape index (κ2) is 5.85. The SMILES string of the molecule is COc1cccc([C@]23CCN(CC4CC4)C[C@]2(O)CCC(=O)C3)c1. The van der Waals surface area contributed by atoms with E-state index >= 15 is 0 Å². The Morgan fingerprint density at radius 2 is 2.17 bits per heavy atom. The second-order valence-electron chi connectivity index (χ2n) is 7.99. The van der Waals surface area contributed by atoms with Gasteiger partial charge in [-0.1, -0.05) is 12.1 Å². The van der Waals surface area contributed by atoms with Crippen molar-refractivity contribution in [2.75, 3.05) is 26.7 Å². The maximum Gasteiger partial charge on any atom is 0.134 e. The molecule has 4 rings (SSSR count). The summed E-state index contributed by atoms with van der Waals surface area (Å²) in [6, 6.07) is 7.97. The molecular weight excluding hydrogens is 302 g/mol. The van der Waals surface area contributed by atoms with E-state index in [4.69, 9.17) is 4.74 Å². The van der Waals surface area contributed by atoms with Crippen LogP contribution in [0, 0.1) is 5.92 Å². The highest BCUT2D eigenvalue weighted by molar-refractivity contribution is 5.82. The molecule has 1 aliphatic heterocycles. The van der Waals surface area contributed by atoms with Crippen LogP contribution < -0.4 is 4.74 Å². The molecule has 0 radical (unpaired) electrons. The summed E-state index contributed by atoms with van der Waals surface area (Å²) in [6.07, 6.45) is 5.02. The van der Waals surface area contributed by atoms with E-state index in [0.29, 0.717) is 25.8 Å². The highest BCUT2D eigenvalue weighted by Gasteiger charge is 2.57. The van der Waals surface area contributed by atoms with E-state index in [0.717, 1.165) is 36.7 Å². The van der Waals surface area contributed by atoms with Crippen LogP contribution in [-0.2, 0) is 10.2 Å². The van der Waals surface area contributed by atoms with Gasteiger partial charge in [0.05, 0.1) is 12.7 Å². The summed E-state index contributed by atoms with van der Waals surface area (Å²) in [4.78, 5) is 14.7. The van der Waals surface area contributed by atoms with Gasteiger partial charge < -0.3 is 14.7 Å². The number of fused-ring (bicyclic) bond motifs is 1. The molecule has 1 N–H and O–H groups in total. The van der Waals surface area contributed by atoms with Crippen LogP contribution in [0.1, 0.15) is 44.1 Å². The molecule has 0 spiro atoms. The van der Waals surface area contributed by atoms with Gasteiger partial charge in [0, 0.05) is 31.3 Å². The first-order chi connectivity index (χ1) is 11.5. The Morgan fingerprint density at radius 3 is 2.92 bits per heavy atom. The fourth-order valence-corrected chi connectivity index (χ4v) is 4.78. The number of rotatable bonds is 4. The predicted octanol–water partition coefficient (Wildman–Crippen LogP) is 2.53. The van der Waals surface area contributed by atoms with Crippen LogP contribution in [0.25, 0.3) is 0 Å². The molecule has 2 atom stereocenters. The zero-order chi connectivity index (χ0) is 16.8. The Hall–Kier alpha value is -1.39. The van der Waals surface area contributed by atoms with E-state index in [1.54, 1.807) is 7.11 Å². The monoisotopic (exact) mass is 329 g/mol. The zero-order valence-corrected chi connectivity index (χ0v) is 14.5. The summed E-state index contributed by atoms with van der Waals surface area (Å²) in [5, 5.41) is 11.6. The van der Waals surface area contributed by atoms with Crippen LogP contribution in [0.3, 0.4) is 0 Å². The van der Waals surface area contributed by atoms with Crippen molar-refractivity contribution in [1.29, 1.82) is 0 Å². The van der Waals surface area contributed by atoms with Crippen LogP contribution in [0.15, 0.2) is 24.3 Å². The number of carbonyl (C=O) groups is 1. The molecule has 2 aliphatic carbocycles. The molecule has 3 aliphatic rings.